The SMILES string of the molecule is Cc1ccc(C)c(N(Cc2ccc(C(=O)Nc3cccc(C(F)(F)F)c3)cc2)S(C)(=O)=O)c1. The molecule has 9 heteroatoms. The Bertz CT molecular complexity index is 1270. The number of rotatable bonds is 6. The third-order valence-electron chi connectivity index (χ3n) is 5.02. The maximum Gasteiger partial charge on any atom is 0.416 e. The highest BCUT2D eigenvalue weighted by molar-refractivity contribution is 7.92. The van der Waals surface area contributed by atoms with Crippen molar-refractivity contribution in [3.05, 3.63) is 94.5 Å². The highest BCUT2D eigenvalue weighted by atomic mass is 32.2. The van der Waals surface area contributed by atoms with Crippen molar-refractivity contribution in [2.45, 2.75) is 26.6 Å². The Labute approximate surface area is 190 Å². The number of sulfonamides is 1. The summed E-state index contributed by atoms with van der Waals surface area (Å²) >= 11 is 0. The molecule has 0 atom stereocenters. The summed E-state index contributed by atoms with van der Waals surface area (Å²) < 4.78 is 64.8. The monoisotopic (exact) mass is 476 g/mol. The van der Waals surface area contributed by atoms with Crippen molar-refractivity contribution in [3.63, 3.8) is 0 Å². The van der Waals surface area contributed by atoms with E-state index >= 15 is 0 Å². The van der Waals surface area contributed by atoms with E-state index in [0.717, 1.165) is 29.5 Å². The average Bonchev–Trinajstić information content (AvgIpc) is 2.73. The van der Waals surface area contributed by atoms with Gasteiger partial charge in [-0.3, -0.25) is 9.10 Å². The summed E-state index contributed by atoms with van der Waals surface area (Å²) in [5.74, 6) is -0.574. The van der Waals surface area contributed by atoms with Gasteiger partial charge < -0.3 is 5.32 Å². The molecule has 174 valence electrons. The molecule has 5 nitrogen and oxygen atoms in total. The van der Waals surface area contributed by atoms with E-state index in [9.17, 15) is 26.4 Å². The second-order valence-electron chi connectivity index (χ2n) is 7.79. The topological polar surface area (TPSA) is 66.5 Å². The summed E-state index contributed by atoms with van der Waals surface area (Å²) in [5, 5.41) is 2.45. The maximum atomic E-state index is 12.9. The fourth-order valence-electron chi connectivity index (χ4n) is 3.27. The summed E-state index contributed by atoms with van der Waals surface area (Å²) in [4.78, 5) is 12.5. The molecule has 1 N–H and O–H groups in total. The van der Waals surface area contributed by atoms with E-state index in [-0.39, 0.29) is 17.8 Å². The minimum absolute atomic E-state index is 0.0251. The van der Waals surface area contributed by atoms with E-state index in [1.54, 1.807) is 18.2 Å². The Morgan fingerprint density at radius 3 is 2.24 bits per heavy atom. The molecule has 0 spiro atoms. The Kier molecular flexibility index (Phi) is 6.83. The molecule has 0 unspecified atom stereocenters. The van der Waals surface area contributed by atoms with Crippen LogP contribution in [0.1, 0.15) is 32.6 Å². The van der Waals surface area contributed by atoms with E-state index < -0.39 is 27.7 Å². The molecule has 0 aliphatic carbocycles. The fraction of sp³-hybridized carbons (Fsp3) is 0.208. The molecule has 3 aromatic rings. The van der Waals surface area contributed by atoms with Gasteiger partial charge in [-0.15, -0.1) is 0 Å². The second kappa shape index (κ2) is 9.27. The zero-order valence-corrected chi connectivity index (χ0v) is 19.1. The summed E-state index contributed by atoms with van der Waals surface area (Å²) in [5.41, 5.74) is 2.35. The first kappa shape index (κ1) is 24.3. The predicted octanol–water partition coefficient (Wildman–Crippen LogP) is 5.54. The van der Waals surface area contributed by atoms with Crippen LogP contribution in [0.15, 0.2) is 66.7 Å². The van der Waals surface area contributed by atoms with Crippen LogP contribution in [0.2, 0.25) is 0 Å². The number of carbonyl (C=O) groups is 1. The van der Waals surface area contributed by atoms with Gasteiger partial charge in [0.2, 0.25) is 10.0 Å². The number of benzene rings is 3. The maximum absolute atomic E-state index is 12.9. The molecule has 0 bridgehead atoms. The van der Waals surface area contributed by atoms with E-state index in [2.05, 4.69) is 5.32 Å². The Morgan fingerprint density at radius 1 is 0.970 bits per heavy atom. The standard InChI is InChI=1S/C24H23F3N2O3S/c1-16-7-8-17(2)22(13-16)29(33(3,31)32)15-18-9-11-19(12-10-18)23(30)28-21-6-4-5-20(14-21)24(25,26)27/h4-14H,15H2,1-3H3,(H,28,30). The van der Waals surface area contributed by atoms with E-state index in [1.165, 1.54) is 28.6 Å². The van der Waals surface area contributed by atoms with Gasteiger partial charge in [-0.25, -0.2) is 8.42 Å². The van der Waals surface area contributed by atoms with Gasteiger partial charge in [0.25, 0.3) is 5.91 Å². The largest absolute Gasteiger partial charge is 0.416 e. The smallest absolute Gasteiger partial charge is 0.322 e. The van der Waals surface area contributed by atoms with Crippen molar-refractivity contribution < 1.29 is 26.4 Å². The summed E-state index contributed by atoms with van der Waals surface area (Å²) in [6, 6.07) is 16.2. The number of hydrogen-bond donors (Lipinski definition) is 1. The zero-order chi connectivity index (χ0) is 24.4. The second-order valence-corrected chi connectivity index (χ2v) is 9.70. The highest BCUT2D eigenvalue weighted by Crippen LogP contribution is 2.31. The molecule has 0 saturated heterocycles. The van der Waals surface area contributed by atoms with Crippen LogP contribution in [-0.4, -0.2) is 20.6 Å². The molecule has 3 rings (SSSR count). The third kappa shape index (κ3) is 6.13. The van der Waals surface area contributed by atoms with Crippen LogP contribution < -0.4 is 9.62 Å². The quantitative estimate of drug-likeness (QED) is 0.508. The molecule has 3 aromatic carbocycles. The van der Waals surface area contributed by atoms with Crippen molar-refractivity contribution in [1.29, 1.82) is 0 Å². The third-order valence-corrected chi connectivity index (χ3v) is 6.15. The van der Waals surface area contributed by atoms with Gasteiger partial charge in [-0.2, -0.15) is 13.2 Å². The summed E-state index contributed by atoms with van der Waals surface area (Å²) in [7, 11) is -3.58. The van der Waals surface area contributed by atoms with Gasteiger partial charge in [-0.1, -0.05) is 30.3 Å². The summed E-state index contributed by atoms with van der Waals surface area (Å²) in [6.07, 6.45) is -3.38. The van der Waals surface area contributed by atoms with Gasteiger partial charge >= 0.3 is 6.18 Å². The number of hydrogen-bond acceptors (Lipinski definition) is 3. The Balaban J connectivity index is 1.79. The molecule has 0 heterocycles. The van der Waals surface area contributed by atoms with Crippen molar-refractivity contribution in [3.8, 4) is 0 Å². The lowest BCUT2D eigenvalue weighted by Gasteiger charge is -2.25. The minimum Gasteiger partial charge on any atom is -0.322 e. The van der Waals surface area contributed by atoms with Gasteiger partial charge in [0.15, 0.2) is 0 Å². The number of amides is 1. The number of aryl methyl sites for hydroxylation is 2. The van der Waals surface area contributed by atoms with Crippen LogP contribution in [0.3, 0.4) is 0 Å². The van der Waals surface area contributed by atoms with Crippen molar-refractivity contribution in [1.82, 2.24) is 0 Å². The lowest BCUT2D eigenvalue weighted by atomic mass is 10.1. The molecule has 1 amide bonds. The first-order valence-electron chi connectivity index (χ1n) is 9.97. The molecular weight excluding hydrogens is 453 g/mol. The first-order chi connectivity index (χ1) is 15.3. The van der Waals surface area contributed by atoms with Crippen LogP contribution in [0.25, 0.3) is 0 Å². The van der Waals surface area contributed by atoms with Gasteiger partial charge in [0.05, 0.1) is 24.1 Å². The van der Waals surface area contributed by atoms with Crippen molar-refractivity contribution >= 4 is 27.3 Å². The number of nitrogens with one attached hydrogen (secondary N) is 1. The number of alkyl halides is 3. The van der Waals surface area contributed by atoms with Crippen LogP contribution in [0.5, 0.6) is 0 Å². The number of nitrogens with zero attached hydrogens (tertiary/aromatic N) is 1. The molecule has 0 aromatic heterocycles. The molecule has 0 aliphatic rings. The first-order valence-corrected chi connectivity index (χ1v) is 11.8. The van der Waals surface area contributed by atoms with E-state index in [0.29, 0.717) is 11.3 Å². The molecule has 0 fully saturated rings. The lowest BCUT2D eigenvalue weighted by molar-refractivity contribution is -0.137. The highest BCUT2D eigenvalue weighted by Gasteiger charge is 2.30. The Morgan fingerprint density at radius 2 is 1.64 bits per heavy atom. The van der Waals surface area contributed by atoms with Crippen LogP contribution in [0.4, 0.5) is 24.5 Å². The normalized spacial score (nSPS) is 11.8. The average molecular weight is 477 g/mol. The van der Waals surface area contributed by atoms with E-state index in [4.69, 9.17) is 0 Å². The lowest BCUT2D eigenvalue weighted by Crippen LogP contribution is -2.30. The zero-order valence-electron chi connectivity index (χ0n) is 18.3. The van der Waals surface area contributed by atoms with Crippen molar-refractivity contribution in [2.75, 3.05) is 15.9 Å². The van der Waals surface area contributed by atoms with Gasteiger partial charge in [-0.05, 0) is 66.9 Å². The minimum atomic E-state index is -4.51. The summed E-state index contributed by atoms with van der Waals surface area (Å²) in [6.45, 7) is 3.77. The molecule has 33 heavy (non-hydrogen) atoms. The van der Waals surface area contributed by atoms with Gasteiger partial charge in [0.1, 0.15) is 0 Å². The molecular formula is C24H23F3N2O3S. The molecule has 0 radical (unpaired) electrons. The number of anilines is 2. The van der Waals surface area contributed by atoms with Gasteiger partial charge in [0, 0.05) is 11.3 Å². The number of carbonyl (C=O) groups excluding carboxylic acids is 1. The molecule has 0 aliphatic heterocycles. The van der Waals surface area contributed by atoms with Crippen LogP contribution >= 0.6 is 0 Å². The van der Waals surface area contributed by atoms with Crippen LogP contribution in [-0.2, 0) is 22.7 Å². The fourth-order valence-corrected chi connectivity index (χ4v) is 4.21. The molecule has 0 saturated carbocycles. The van der Waals surface area contributed by atoms with Crippen LogP contribution in [0, 0.1) is 13.8 Å². The van der Waals surface area contributed by atoms with E-state index in [1.807, 2.05) is 26.0 Å². The predicted molar refractivity (Wildman–Crippen MR) is 123 cm³/mol. The Hall–Kier alpha value is -3.33. The van der Waals surface area contributed by atoms with Crippen molar-refractivity contribution in [2.24, 2.45) is 0 Å². The number of halogens is 3.